The Balaban J connectivity index is 1.70. The van der Waals surface area contributed by atoms with E-state index in [1.807, 2.05) is 6.92 Å². The zero-order valence-corrected chi connectivity index (χ0v) is 10.7. The zero-order valence-electron chi connectivity index (χ0n) is 10.7. The van der Waals surface area contributed by atoms with Crippen LogP contribution in [-0.4, -0.2) is 13.2 Å². The van der Waals surface area contributed by atoms with Gasteiger partial charge in [-0.15, -0.1) is 0 Å². The maximum atomic E-state index is 5.43. The van der Waals surface area contributed by atoms with Gasteiger partial charge in [0.05, 0.1) is 6.61 Å². The van der Waals surface area contributed by atoms with E-state index < -0.39 is 0 Å². The van der Waals surface area contributed by atoms with Gasteiger partial charge in [0, 0.05) is 6.54 Å². The lowest BCUT2D eigenvalue weighted by Crippen LogP contribution is -2.20. The summed E-state index contributed by atoms with van der Waals surface area (Å²) in [6.07, 6.45) is 5.68. The Morgan fingerprint density at radius 2 is 1.88 bits per heavy atom. The molecule has 0 bridgehead atoms. The third kappa shape index (κ3) is 4.04. The second-order valence-electron chi connectivity index (χ2n) is 4.86. The summed E-state index contributed by atoms with van der Waals surface area (Å²) < 4.78 is 5.43. The highest BCUT2D eigenvalue weighted by Crippen LogP contribution is 2.23. The predicted octanol–water partition coefficient (Wildman–Crippen LogP) is 3.37. The van der Waals surface area contributed by atoms with Crippen LogP contribution in [0, 0.1) is 5.92 Å². The van der Waals surface area contributed by atoms with Crippen LogP contribution in [0.4, 0.5) is 0 Å². The smallest absolute Gasteiger partial charge is 0.119 e. The number of ether oxygens (including phenoxy) is 1. The van der Waals surface area contributed by atoms with E-state index in [-0.39, 0.29) is 0 Å². The lowest BCUT2D eigenvalue weighted by Gasteiger charge is -2.10. The first kappa shape index (κ1) is 12.4. The van der Waals surface area contributed by atoms with Crippen LogP contribution in [0.15, 0.2) is 24.3 Å². The van der Waals surface area contributed by atoms with Crippen LogP contribution in [0.1, 0.15) is 38.2 Å². The molecule has 1 saturated carbocycles. The van der Waals surface area contributed by atoms with Crippen molar-refractivity contribution in [1.82, 2.24) is 5.32 Å². The largest absolute Gasteiger partial charge is 0.494 e. The van der Waals surface area contributed by atoms with Crippen molar-refractivity contribution >= 4 is 0 Å². The second kappa shape index (κ2) is 6.65. The Kier molecular flexibility index (Phi) is 4.87. The summed E-state index contributed by atoms with van der Waals surface area (Å²) in [6.45, 7) is 4.90. The van der Waals surface area contributed by atoms with Gasteiger partial charge in [-0.2, -0.15) is 0 Å². The standard InChI is InChI=1S/C15H23NO/c1-2-17-15-9-7-14(8-10-15)12-16-11-13-5-3-4-6-13/h7-10,13,16H,2-6,11-12H2,1H3. The lowest BCUT2D eigenvalue weighted by atomic mass is 10.1. The maximum Gasteiger partial charge on any atom is 0.119 e. The molecule has 0 heterocycles. The van der Waals surface area contributed by atoms with Crippen molar-refractivity contribution in [1.29, 1.82) is 0 Å². The number of nitrogens with one attached hydrogen (secondary N) is 1. The van der Waals surface area contributed by atoms with E-state index in [1.54, 1.807) is 0 Å². The van der Waals surface area contributed by atoms with Gasteiger partial charge in [0.15, 0.2) is 0 Å². The van der Waals surface area contributed by atoms with Crippen molar-refractivity contribution in [2.75, 3.05) is 13.2 Å². The minimum Gasteiger partial charge on any atom is -0.494 e. The third-order valence-electron chi connectivity index (χ3n) is 3.47. The molecule has 1 aromatic rings. The van der Waals surface area contributed by atoms with E-state index in [4.69, 9.17) is 4.74 Å². The Morgan fingerprint density at radius 3 is 2.53 bits per heavy atom. The molecule has 0 saturated heterocycles. The molecule has 1 aliphatic rings. The van der Waals surface area contributed by atoms with Crippen LogP contribution in [0.25, 0.3) is 0 Å². The molecule has 0 radical (unpaired) electrons. The molecule has 1 aromatic carbocycles. The second-order valence-corrected chi connectivity index (χ2v) is 4.86. The van der Waals surface area contributed by atoms with E-state index in [0.717, 1.165) is 24.8 Å². The summed E-state index contributed by atoms with van der Waals surface area (Å²) in [5.41, 5.74) is 1.34. The first-order valence-corrected chi connectivity index (χ1v) is 6.81. The highest BCUT2D eigenvalue weighted by atomic mass is 16.5. The molecule has 2 heteroatoms. The summed E-state index contributed by atoms with van der Waals surface area (Å²) in [7, 11) is 0. The maximum absolute atomic E-state index is 5.43. The van der Waals surface area contributed by atoms with E-state index in [9.17, 15) is 0 Å². The van der Waals surface area contributed by atoms with Crippen LogP contribution in [-0.2, 0) is 6.54 Å². The van der Waals surface area contributed by atoms with Crippen molar-refractivity contribution < 1.29 is 4.74 Å². The Bertz CT molecular complexity index is 314. The molecule has 0 unspecified atom stereocenters. The molecule has 1 aliphatic carbocycles. The molecule has 0 spiro atoms. The predicted molar refractivity (Wildman–Crippen MR) is 71.3 cm³/mol. The number of hydrogen-bond acceptors (Lipinski definition) is 2. The van der Waals surface area contributed by atoms with Crippen LogP contribution in [0.3, 0.4) is 0 Å². The van der Waals surface area contributed by atoms with Crippen LogP contribution in [0.2, 0.25) is 0 Å². The van der Waals surface area contributed by atoms with Gasteiger partial charge in [-0.3, -0.25) is 0 Å². The third-order valence-corrected chi connectivity index (χ3v) is 3.47. The highest BCUT2D eigenvalue weighted by Gasteiger charge is 2.13. The van der Waals surface area contributed by atoms with E-state index >= 15 is 0 Å². The fraction of sp³-hybridized carbons (Fsp3) is 0.600. The highest BCUT2D eigenvalue weighted by molar-refractivity contribution is 5.27. The zero-order chi connectivity index (χ0) is 11.9. The van der Waals surface area contributed by atoms with Gasteiger partial charge in [0.2, 0.25) is 0 Å². The minimum atomic E-state index is 0.735. The molecule has 94 valence electrons. The number of benzene rings is 1. The quantitative estimate of drug-likeness (QED) is 0.813. The van der Waals surface area contributed by atoms with Gasteiger partial charge in [-0.05, 0) is 49.9 Å². The van der Waals surface area contributed by atoms with Crippen molar-refractivity contribution in [3.8, 4) is 5.75 Å². The Labute approximate surface area is 104 Å². The molecule has 1 fully saturated rings. The van der Waals surface area contributed by atoms with Crippen LogP contribution >= 0.6 is 0 Å². The molecular weight excluding hydrogens is 210 g/mol. The minimum absolute atomic E-state index is 0.735. The molecule has 0 aromatic heterocycles. The van der Waals surface area contributed by atoms with Crippen molar-refractivity contribution in [2.24, 2.45) is 5.92 Å². The lowest BCUT2D eigenvalue weighted by molar-refractivity contribution is 0.340. The number of hydrogen-bond donors (Lipinski definition) is 1. The van der Waals surface area contributed by atoms with Gasteiger partial charge < -0.3 is 10.1 Å². The fourth-order valence-electron chi connectivity index (χ4n) is 2.51. The molecule has 0 aliphatic heterocycles. The summed E-state index contributed by atoms with van der Waals surface area (Å²) in [6, 6.07) is 8.39. The van der Waals surface area contributed by atoms with Gasteiger partial charge >= 0.3 is 0 Å². The normalized spacial score (nSPS) is 16.3. The average molecular weight is 233 g/mol. The molecule has 2 rings (SSSR count). The molecule has 0 amide bonds. The van der Waals surface area contributed by atoms with E-state index in [2.05, 4.69) is 29.6 Å². The van der Waals surface area contributed by atoms with Crippen molar-refractivity contribution in [2.45, 2.75) is 39.2 Å². The fourth-order valence-corrected chi connectivity index (χ4v) is 2.51. The van der Waals surface area contributed by atoms with Crippen molar-refractivity contribution in [3.63, 3.8) is 0 Å². The van der Waals surface area contributed by atoms with Crippen molar-refractivity contribution in [3.05, 3.63) is 29.8 Å². The molecule has 2 nitrogen and oxygen atoms in total. The summed E-state index contributed by atoms with van der Waals surface area (Å²) in [5.74, 6) is 1.88. The SMILES string of the molecule is CCOc1ccc(CNCC2CCCC2)cc1. The summed E-state index contributed by atoms with van der Waals surface area (Å²) in [4.78, 5) is 0. The monoisotopic (exact) mass is 233 g/mol. The first-order chi connectivity index (χ1) is 8.38. The topological polar surface area (TPSA) is 21.3 Å². The van der Waals surface area contributed by atoms with Crippen LogP contribution in [0.5, 0.6) is 5.75 Å². The molecule has 17 heavy (non-hydrogen) atoms. The summed E-state index contributed by atoms with van der Waals surface area (Å²) in [5, 5.41) is 3.55. The number of rotatable bonds is 6. The van der Waals surface area contributed by atoms with Crippen LogP contribution < -0.4 is 10.1 Å². The van der Waals surface area contributed by atoms with Gasteiger partial charge in [0.25, 0.3) is 0 Å². The molecule has 0 atom stereocenters. The summed E-state index contributed by atoms with van der Waals surface area (Å²) >= 11 is 0. The van der Waals surface area contributed by atoms with E-state index in [0.29, 0.717) is 0 Å². The molecular formula is C15H23NO. The van der Waals surface area contributed by atoms with Gasteiger partial charge in [0.1, 0.15) is 5.75 Å². The van der Waals surface area contributed by atoms with E-state index in [1.165, 1.54) is 37.8 Å². The molecule has 1 N–H and O–H groups in total. The average Bonchev–Trinajstić information content (AvgIpc) is 2.85. The van der Waals surface area contributed by atoms with Gasteiger partial charge in [-0.1, -0.05) is 25.0 Å². The Morgan fingerprint density at radius 1 is 1.18 bits per heavy atom. The first-order valence-electron chi connectivity index (χ1n) is 6.81. The Hall–Kier alpha value is -1.02. The van der Waals surface area contributed by atoms with Gasteiger partial charge in [-0.25, -0.2) is 0 Å².